The summed E-state index contributed by atoms with van der Waals surface area (Å²) in [7, 11) is 1.99. The number of amides is 1. The molecule has 0 bridgehead atoms. The van der Waals surface area contributed by atoms with Crippen LogP contribution in [0.3, 0.4) is 0 Å². The zero-order valence-corrected chi connectivity index (χ0v) is 18.9. The average Bonchev–Trinajstić information content (AvgIpc) is 3.15. The van der Waals surface area contributed by atoms with Gasteiger partial charge >= 0.3 is 0 Å². The van der Waals surface area contributed by atoms with E-state index in [9.17, 15) is 4.79 Å². The molecule has 4 aliphatic rings. The molecule has 1 unspecified atom stereocenters. The Hall–Kier alpha value is -1.93. The molecule has 0 aliphatic carbocycles. The van der Waals surface area contributed by atoms with Crippen molar-refractivity contribution in [3.05, 3.63) is 11.9 Å². The lowest BCUT2D eigenvalue weighted by molar-refractivity contribution is -0.132. The highest BCUT2D eigenvalue weighted by Gasteiger charge is 2.34. The van der Waals surface area contributed by atoms with E-state index < -0.39 is 0 Å². The van der Waals surface area contributed by atoms with Gasteiger partial charge in [0.1, 0.15) is 18.0 Å². The number of nitrogens with one attached hydrogen (secondary N) is 1. The summed E-state index contributed by atoms with van der Waals surface area (Å²) in [5, 5.41) is 3.48. The Labute approximate surface area is 186 Å². The van der Waals surface area contributed by atoms with Gasteiger partial charge in [-0.15, -0.1) is 0 Å². The van der Waals surface area contributed by atoms with E-state index in [0.29, 0.717) is 19.1 Å². The van der Waals surface area contributed by atoms with Gasteiger partial charge in [-0.25, -0.2) is 9.97 Å². The van der Waals surface area contributed by atoms with E-state index in [1.807, 2.05) is 11.9 Å². The van der Waals surface area contributed by atoms with Crippen molar-refractivity contribution in [3.8, 4) is 0 Å². The van der Waals surface area contributed by atoms with Gasteiger partial charge < -0.3 is 24.9 Å². The maximum atomic E-state index is 13.2. The first-order valence-corrected chi connectivity index (χ1v) is 12.2. The number of nitrogens with zero attached hydrogens (tertiary/aromatic N) is 6. The summed E-state index contributed by atoms with van der Waals surface area (Å²) >= 11 is 0. The van der Waals surface area contributed by atoms with Gasteiger partial charge in [0.25, 0.3) is 0 Å². The molecule has 8 heteroatoms. The van der Waals surface area contributed by atoms with Crippen molar-refractivity contribution >= 4 is 17.5 Å². The third-order valence-corrected chi connectivity index (χ3v) is 7.69. The van der Waals surface area contributed by atoms with E-state index in [0.717, 1.165) is 68.7 Å². The molecule has 4 aliphatic heterocycles. The number of likely N-dealkylation sites (N-methyl/N-ethyl adjacent to an activating group) is 1. The molecule has 170 valence electrons. The van der Waals surface area contributed by atoms with Crippen LogP contribution in [-0.2, 0) is 11.3 Å². The second-order valence-electron chi connectivity index (χ2n) is 9.67. The third kappa shape index (κ3) is 4.37. The van der Waals surface area contributed by atoms with Crippen molar-refractivity contribution in [2.45, 2.75) is 63.6 Å². The molecule has 3 saturated heterocycles. The number of fused-ring (bicyclic) bond motifs is 1. The van der Waals surface area contributed by atoms with Gasteiger partial charge in [-0.2, -0.15) is 0 Å². The predicted octanol–water partition coefficient (Wildman–Crippen LogP) is 1.46. The van der Waals surface area contributed by atoms with Crippen LogP contribution >= 0.6 is 0 Å². The number of hydrogen-bond donors (Lipinski definition) is 1. The highest BCUT2D eigenvalue weighted by Crippen LogP contribution is 2.33. The SMILES string of the molecule is CN1CC(=O)N(C2CCCNCC2)Cc2c1ncnc2N1CCC(N2CCCC2)CC1. The monoisotopic (exact) mass is 427 g/mol. The molecule has 1 N–H and O–H groups in total. The van der Waals surface area contributed by atoms with E-state index in [-0.39, 0.29) is 5.91 Å². The Morgan fingerprint density at radius 3 is 2.45 bits per heavy atom. The van der Waals surface area contributed by atoms with Gasteiger partial charge in [0.05, 0.1) is 18.7 Å². The minimum Gasteiger partial charge on any atom is -0.356 e. The lowest BCUT2D eigenvalue weighted by Gasteiger charge is -2.38. The first-order valence-electron chi connectivity index (χ1n) is 12.2. The fourth-order valence-corrected chi connectivity index (χ4v) is 5.96. The van der Waals surface area contributed by atoms with Crippen LogP contribution in [0.5, 0.6) is 0 Å². The molecule has 31 heavy (non-hydrogen) atoms. The predicted molar refractivity (Wildman–Crippen MR) is 122 cm³/mol. The van der Waals surface area contributed by atoms with Crippen LogP contribution in [0.2, 0.25) is 0 Å². The maximum Gasteiger partial charge on any atom is 0.242 e. The van der Waals surface area contributed by atoms with Crippen molar-refractivity contribution in [3.63, 3.8) is 0 Å². The lowest BCUT2D eigenvalue weighted by Crippen LogP contribution is -2.45. The summed E-state index contributed by atoms with van der Waals surface area (Å²) in [5.74, 6) is 2.18. The number of rotatable bonds is 3. The van der Waals surface area contributed by atoms with Crippen molar-refractivity contribution in [1.29, 1.82) is 0 Å². The molecule has 5 rings (SSSR count). The molecule has 5 heterocycles. The van der Waals surface area contributed by atoms with E-state index in [1.165, 1.54) is 38.8 Å². The topological polar surface area (TPSA) is 67.8 Å². The van der Waals surface area contributed by atoms with Gasteiger partial charge in [-0.1, -0.05) is 0 Å². The molecular formula is C23H37N7O. The van der Waals surface area contributed by atoms with E-state index in [4.69, 9.17) is 4.98 Å². The zero-order chi connectivity index (χ0) is 21.2. The van der Waals surface area contributed by atoms with Crippen LogP contribution in [0.15, 0.2) is 6.33 Å². The van der Waals surface area contributed by atoms with Gasteiger partial charge in [-0.05, 0) is 71.1 Å². The van der Waals surface area contributed by atoms with Crippen molar-refractivity contribution in [2.75, 3.05) is 62.7 Å². The molecule has 0 aromatic carbocycles. The molecule has 0 saturated carbocycles. The quantitative estimate of drug-likeness (QED) is 0.783. The number of anilines is 2. The van der Waals surface area contributed by atoms with Gasteiger partial charge in [0, 0.05) is 32.2 Å². The molecule has 1 amide bonds. The Morgan fingerprint density at radius 1 is 0.871 bits per heavy atom. The number of carbonyl (C=O) groups is 1. The van der Waals surface area contributed by atoms with Crippen molar-refractivity contribution in [2.24, 2.45) is 0 Å². The zero-order valence-electron chi connectivity index (χ0n) is 18.9. The van der Waals surface area contributed by atoms with Crippen molar-refractivity contribution < 1.29 is 4.79 Å². The van der Waals surface area contributed by atoms with Crippen LogP contribution in [0.25, 0.3) is 0 Å². The second-order valence-corrected chi connectivity index (χ2v) is 9.67. The van der Waals surface area contributed by atoms with Crippen molar-refractivity contribution in [1.82, 2.24) is 25.1 Å². The summed E-state index contributed by atoms with van der Waals surface area (Å²) in [5.41, 5.74) is 1.13. The molecule has 0 radical (unpaired) electrons. The minimum atomic E-state index is 0.214. The second kappa shape index (κ2) is 9.28. The first kappa shape index (κ1) is 20.9. The van der Waals surface area contributed by atoms with Gasteiger partial charge in [0.15, 0.2) is 0 Å². The molecule has 0 spiro atoms. The largest absolute Gasteiger partial charge is 0.356 e. The Bertz CT molecular complexity index is 765. The summed E-state index contributed by atoms with van der Waals surface area (Å²) in [6.45, 7) is 7.67. The molecule has 8 nitrogen and oxygen atoms in total. The molecule has 1 atom stereocenters. The van der Waals surface area contributed by atoms with Crippen LogP contribution in [0.1, 0.15) is 50.5 Å². The fraction of sp³-hybridized carbons (Fsp3) is 0.783. The molecular weight excluding hydrogens is 390 g/mol. The summed E-state index contributed by atoms with van der Waals surface area (Å²) < 4.78 is 0. The van der Waals surface area contributed by atoms with Gasteiger partial charge in [-0.3, -0.25) is 4.79 Å². The number of carbonyl (C=O) groups excluding carboxylic acids is 1. The maximum absolute atomic E-state index is 13.2. The standard InChI is InChI=1S/C23H37N7O/c1-27-16-21(31)30(19-5-4-9-24-10-6-19)15-20-22(27)25-17-26-23(20)29-13-7-18(8-14-29)28-11-2-3-12-28/h17-19,24H,2-16H2,1H3. The smallest absolute Gasteiger partial charge is 0.242 e. The summed E-state index contributed by atoms with van der Waals surface area (Å²) in [4.78, 5) is 31.8. The number of aromatic nitrogens is 2. The highest BCUT2D eigenvalue weighted by molar-refractivity contribution is 5.84. The summed E-state index contributed by atoms with van der Waals surface area (Å²) in [6.07, 6.45) is 10.0. The Balaban J connectivity index is 1.37. The average molecular weight is 428 g/mol. The Morgan fingerprint density at radius 2 is 1.65 bits per heavy atom. The fourth-order valence-electron chi connectivity index (χ4n) is 5.96. The van der Waals surface area contributed by atoms with E-state index >= 15 is 0 Å². The highest BCUT2D eigenvalue weighted by atomic mass is 16.2. The van der Waals surface area contributed by atoms with E-state index in [1.54, 1.807) is 6.33 Å². The van der Waals surface area contributed by atoms with Crippen LogP contribution < -0.4 is 15.1 Å². The lowest BCUT2D eigenvalue weighted by atomic mass is 10.0. The minimum absolute atomic E-state index is 0.214. The Kier molecular flexibility index (Phi) is 6.27. The van der Waals surface area contributed by atoms with E-state index in [2.05, 4.69) is 25.0 Å². The number of likely N-dealkylation sites (tertiary alicyclic amines) is 1. The normalized spacial score (nSPS) is 26.7. The molecule has 3 fully saturated rings. The first-order chi connectivity index (χ1) is 15.2. The molecule has 1 aromatic rings. The van der Waals surface area contributed by atoms with Gasteiger partial charge in [0.2, 0.25) is 5.91 Å². The van der Waals surface area contributed by atoms with Crippen LogP contribution in [-0.4, -0.2) is 90.6 Å². The third-order valence-electron chi connectivity index (χ3n) is 7.69. The molecule has 1 aromatic heterocycles. The van der Waals surface area contributed by atoms with Crippen LogP contribution in [0.4, 0.5) is 11.6 Å². The number of piperidine rings is 1. The summed E-state index contributed by atoms with van der Waals surface area (Å²) in [6, 6.07) is 1.02. The van der Waals surface area contributed by atoms with Crippen LogP contribution in [0, 0.1) is 0 Å². The number of hydrogen-bond acceptors (Lipinski definition) is 7.